The number of esters is 1. The van der Waals surface area contributed by atoms with Gasteiger partial charge in [-0.05, 0) is 54.4 Å². The molecule has 1 N–H and O–H groups in total. The summed E-state index contributed by atoms with van der Waals surface area (Å²) in [5.74, 6) is -0.746. The van der Waals surface area contributed by atoms with Gasteiger partial charge in [-0.25, -0.2) is 17.5 Å². The van der Waals surface area contributed by atoms with E-state index >= 15 is 0 Å². The second-order valence-electron chi connectivity index (χ2n) is 6.56. The largest absolute Gasteiger partial charge is 0.469 e. The van der Waals surface area contributed by atoms with E-state index in [-0.39, 0.29) is 30.0 Å². The number of aryl methyl sites for hydroxylation is 1. The van der Waals surface area contributed by atoms with E-state index in [1.54, 1.807) is 6.07 Å². The summed E-state index contributed by atoms with van der Waals surface area (Å²) in [5.41, 5.74) is 1.21. The number of halogens is 1. The molecule has 0 aromatic heterocycles. The summed E-state index contributed by atoms with van der Waals surface area (Å²) in [6.07, 6.45) is 2.86. The summed E-state index contributed by atoms with van der Waals surface area (Å²) in [7, 11) is -2.21. The first kappa shape index (κ1) is 16.4. The molecule has 23 heavy (non-hydrogen) atoms. The number of carbonyl (C=O) groups excluding carboxylic acids is 1. The second-order valence-corrected chi connectivity index (χ2v) is 8.32. The van der Waals surface area contributed by atoms with Gasteiger partial charge in [0.25, 0.3) is 0 Å². The molecule has 0 bridgehead atoms. The summed E-state index contributed by atoms with van der Waals surface area (Å²) < 4.78 is 45.5. The van der Waals surface area contributed by atoms with Crippen molar-refractivity contribution in [3.8, 4) is 0 Å². The highest BCUT2D eigenvalue weighted by atomic mass is 32.2. The van der Waals surface area contributed by atoms with Gasteiger partial charge < -0.3 is 4.74 Å². The number of sulfonamides is 1. The highest BCUT2D eigenvalue weighted by Crippen LogP contribution is 2.50. The first-order valence-corrected chi connectivity index (χ1v) is 9.33. The maximum absolute atomic E-state index is 13.2. The van der Waals surface area contributed by atoms with Gasteiger partial charge in [0.2, 0.25) is 10.0 Å². The summed E-state index contributed by atoms with van der Waals surface area (Å²) >= 11 is 0. The SMILES string of the molecule is COC(=O)CC1(CS(=O)(=O)N[C@@H]2CCc3cc(F)ccc32)CC1. The van der Waals surface area contributed by atoms with Crippen LogP contribution in [0.5, 0.6) is 0 Å². The van der Waals surface area contributed by atoms with Gasteiger partial charge in [0.05, 0.1) is 19.3 Å². The van der Waals surface area contributed by atoms with E-state index in [9.17, 15) is 17.6 Å². The van der Waals surface area contributed by atoms with Crippen molar-refractivity contribution in [1.29, 1.82) is 0 Å². The third kappa shape index (κ3) is 3.72. The third-order valence-corrected chi connectivity index (χ3v) is 6.34. The molecule has 0 spiro atoms. The van der Waals surface area contributed by atoms with Gasteiger partial charge in [-0.15, -0.1) is 0 Å². The zero-order valence-corrected chi connectivity index (χ0v) is 13.8. The van der Waals surface area contributed by atoms with Gasteiger partial charge in [-0.2, -0.15) is 0 Å². The van der Waals surface area contributed by atoms with E-state index in [4.69, 9.17) is 0 Å². The van der Waals surface area contributed by atoms with Crippen molar-refractivity contribution in [2.75, 3.05) is 12.9 Å². The first-order chi connectivity index (χ1) is 10.8. The molecule has 0 unspecified atom stereocenters. The number of fused-ring (bicyclic) bond motifs is 1. The summed E-state index contributed by atoms with van der Waals surface area (Å²) in [4.78, 5) is 11.4. The maximum atomic E-state index is 13.2. The van der Waals surface area contributed by atoms with E-state index in [0.717, 1.165) is 24.0 Å². The van der Waals surface area contributed by atoms with Gasteiger partial charge in [0.15, 0.2) is 0 Å². The number of benzene rings is 1. The summed E-state index contributed by atoms with van der Waals surface area (Å²) in [6.45, 7) is 0. The van der Waals surface area contributed by atoms with E-state index in [1.807, 2.05) is 0 Å². The fourth-order valence-corrected chi connectivity index (χ4v) is 5.26. The lowest BCUT2D eigenvalue weighted by Gasteiger charge is -2.18. The Bertz CT molecular complexity index is 728. The maximum Gasteiger partial charge on any atom is 0.306 e. The fraction of sp³-hybridized carbons (Fsp3) is 0.562. The Balaban J connectivity index is 1.68. The van der Waals surface area contributed by atoms with Crippen LogP contribution >= 0.6 is 0 Å². The van der Waals surface area contributed by atoms with Gasteiger partial charge in [0.1, 0.15) is 5.82 Å². The zero-order chi connectivity index (χ0) is 16.7. The van der Waals surface area contributed by atoms with Crippen molar-refractivity contribution in [1.82, 2.24) is 4.72 Å². The van der Waals surface area contributed by atoms with Crippen LogP contribution in [0.2, 0.25) is 0 Å². The summed E-state index contributed by atoms with van der Waals surface area (Å²) in [6, 6.07) is 4.14. The lowest BCUT2D eigenvalue weighted by Crippen LogP contribution is -2.33. The number of carbonyl (C=O) groups is 1. The molecule has 0 saturated heterocycles. The van der Waals surface area contributed by atoms with E-state index in [0.29, 0.717) is 12.8 Å². The van der Waals surface area contributed by atoms with Crippen molar-refractivity contribution >= 4 is 16.0 Å². The molecule has 2 aliphatic rings. The molecule has 1 aromatic rings. The third-order valence-electron chi connectivity index (χ3n) is 4.70. The Labute approximate surface area is 135 Å². The number of nitrogens with one attached hydrogen (secondary N) is 1. The molecule has 3 rings (SSSR count). The van der Waals surface area contributed by atoms with Crippen LogP contribution in [-0.4, -0.2) is 27.2 Å². The van der Waals surface area contributed by atoms with Gasteiger partial charge in [0, 0.05) is 6.04 Å². The Kier molecular flexibility index (Phi) is 4.18. The first-order valence-electron chi connectivity index (χ1n) is 7.68. The van der Waals surface area contributed by atoms with Crippen LogP contribution < -0.4 is 4.72 Å². The van der Waals surface area contributed by atoms with Gasteiger partial charge in [-0.3, -0.25) is 4.79 Å². The Morgan fingerprint density at radius 3 is 2.83 bits per heavy atom. The normalized spacial score (nSPS) is 21.7. The second kappa shape index (κ2) is 5.87. The van der Waals surface area contributed by atoms with Crippen molar-refractivity contribution < 1.29 is 22.3 Å². The molecule has 0 radical (unpaired) electrons. The van der Waals surface area contributed by atoms with Crippen molar-refractivity contribution in [2.45, 2.75) is 38.1 Å². The average Bonchev–Trinajstić information content (AvgIpc) is 3.10. The number of rotatable bonds is 6. The van der Waals surface area contributed by atoms with Crippen LogP contribution in [0.1, 0.15) is 42.9 Å². The number of methoxy groups -OCH3 is 1. The number of ether oxygens (including phenoxy) is 1. The predicted octanol–water partition coefficient (Wildman–Crippen LogP) is 2.08. The molecule has 1 atom stereocenters. The Morgan fingerprint density at radius 1 is 1.43 bits per heavy atom. The highest BCUT2D eigenvalue weighted by Gasteiger charge is 2.48. The van der Waals surface area contributed by atoms with E-state index in [1.165, 1.54) is 19.2 Å². The molecule has 1 aromatic carbocycles. The number of hydrogen-bond donors (Lipinski definition) is 1. The van der Waals surface area contributed by atoms with Crippen LogP contribution in [0.4, 0.5) is 4.39 Å². The average molecular weight is 341 g/mol. The predicted molar refractivity (Wildman–Crippen MR) is 82.7 cm³/mol. The molecule has 5 nitrogen and oxygen atoms in total. The number of hydrogen-bond acceptors (Lipinski definition) is 4. The molecule has 1 fully saturated rings. The monoisotopic (exact) mass is 341 g/mol. The van der Waals surface area contributed by atoms with Crippen molar-refractivity contribution in [3.63, 3.8) is 0 Å². The van der Waals surface area contributed by atoms with Crippen molar-refractivity contribution in [2.24, 2.45) is 5.41 Å². The van der Waals surface area contributed by atoms with E-state index in [2.05, 4.69) is 9.46 Å². The minimum atomic E-state index is -3.52. The molecule has 1 saturated carbocycles. The fourth-order valence-electron chi connectivity index (χ4n) is 3.30. The van der Waals surface area contributed by atoms with Crippen LogP contribution in [0.3, 0.4) is 0 Å². The molecular weight excluding hydrogens is 321 g/mol. The summed E-state index contributed by atoms with van der Waals surface area (Å²) in [5, 5.41) is 0. The highest BCUT2D eigenvalue weighted by molar-refractivity contribution is 7.89. The standard InChI is InChI=1S/C16H20FNO4S/c1-22-15(19)9-16(6-7-16)10-23(20,21)18-14-5-2-11-8-12(17)3-4-13(11)14/h3-4,8,14,18H,2,5-7,9-10H2,1H3/t14-/m1/s1. The molecule has 7 heteroatoms. The lowest BCUT2D eigenvalue weighted by atomic mass is 10.1. The van der Waals surface area contributed by atoms with Gasteiger partial charge >= 0.3 is 5.97 Å². The molecule has 0 heterocycles. The zero-order valence-electron chi connectivity index (χ0n) is 13.0. The smallest absolute Gasteiger partial charge is 0.306 e. The lowest BCUT2D eigenvalue weighted by molar-refractivity contribution is -0.141. The Hall–Kier alpha value is -1.47. The van der Waals surface area contributed by atoms with E-state index < -0.39 is 15.4 Å². The molecule has 0 amide bonds. The Morgan fingerprint density at radius 2 is 2.17 bits per heavy atom. The minimum Gasteiger partial charge on any atom is -0.469 e. The topological polar surface area (TPSA) is 72.5 Å². The van der Waals surface area contributed by atoms with Crippen LogP contribution in [0, 0.1) is 11.2 Å². The van der Waals surface area contributed by atoms with Crippen LogP contribution in [-0.2, 0) is 26.0 Å². The molecular formula is C16H20FNO4S. The molecule has 0 aliphatic heterocycles. The molecule has 2 aliphatic carbocycles. The molecule has 126 valence electrons. The van der Waals surface area contributed by atoms with Gasteiger partial charge in [-0.1, -0.05) is 6.07 Å². The van der Waals surface area contributed by atoms with Crippen molar-refractivity contribution in [3.05, 3.63) is 35.1 Å². The minimum absolute atomic E-state index is 0.0673. The quantitative estimate of drug-likeness (QED) is 0.804. The van der Waals surface area contributed by atoms with Crippen LogP contribution in [0.25, 0.3) is 0 Å². The van der Waals surface area contributed by atoms with Crippen LogP contribution in [0.15, 0.2) is 18.2 Å².